The lowest BCUT2D eigenvalue weighted by atomic mass is 9.84. The normalized spacial score (nSPS) is 20.1. The van der Waals surface area contributed by atoms with Crippen LogP contribution in [0.2, 0.25) is 6.04 Å². The molecule has 1 saturated heterocycles. The third-order valence-corrected chi connectivity index (χ3v) is 7.94. The van der Waals surface area contributed by atoms with Crippen molar-refractivity contribution in [3.63, 3.8) is 0 Å². The molecule has 1 heterocycles. The van der Waals surface area contributed by atoms with Crippen molar-refractivity contribution in [2.24, 2.45) is 5.41 Å². The molecule has 1 aromatic carbocycles. The van der Waals surface area contributed by atoms with Crippen LogP contribution < -0.4 is 5.19 Å². The van der Waals surface area contributed by atoms with Gasteiger partial charge in [-0.05, 0) is 17.7 Å². The molecule has 1 aliphatic heterocycles. The first-order valence-corrected chi connectivity index (χ1v) is 9.55. The number of hydrogen-bond donors (Lipinski definition) is 0. The Balaban J connectivity index is 2.14. The molecule has 1 aromatic rings. The average Bonchev–Trinajstić information content (AvgIpc) is 2.46. The minimum Gasteiger partial charge on any atom is -0.394 e. The predicted molar refractivity (Wildman–Crippen MR) is 83.4 cm³/mol. The molecule has 20 heavy (non-hydrogen) atoms. The molecule has 4 heteroatoms. The van der Waals surface area contributed by atoms with Gasteiger partial charge in [-0.1, -0.05) is 50.6 Å². The summed E-state index contributed by atoms with van der Waals surface area (Å²) in [6.45, 7) is 6.79. The summed E-state index contributed by atoms with van der Waals surface area (Å²) in [4.78, 5) is 0. The zero-order valence-corrected chi connectivity index (χ0v) is 13.9. The fourth-order valence-corrected chi connectivity index (χ4v) is 5.71. The predicted octanol–water partition coefficient (Wildman–Crippen LogP) is 2.84. The summed E-state index contributed by atoms with van der Waals surface area (Å²) in [5, 5.41) is 1.23. The maximum absolute atomic E-state index is 6.44. The van der Waals surface area contributed by atoms with Gasteiger partial charge in [0.15, 0.2) is 0 Å². The highest BCUT2D eigenvalue weighted by atomic mass is 28.4. The van der Waals surface area contributed by atoms with Gasteiger partial charge in [-0.15, -0.1) is 0 Å². The van der Waals surface area contributed by atoms with Crippen LogP contribution in [0.4, 0.5) is 0 Å². The fraction of sp³-hybridized carbons (Fsp3) is 0.625. The van der Waals surface area contributed by atoms with Crippen molar-refractivity contribution < 1.29 is 13.6 Å². The lowest BCUT2D eigenvalue weighted by Crippen LogP contribution is -2.57. The van der Waals surface area contributed by atoms with Crippen molar-refractivity contribution in [2.75, 3.05) is 26.9 Å². The minimum absolute atomic E-state index is 0.208. The molecule has 1 aliphatic rings. The van der Waals surface area contributed by atoms with Crippen LogP contribution in [-0.2, 0) is 13.6 Å². The molecule has 2 rings (SSSR count). The highest BCUT2D eigenvalue weighted by Crippen LogP contribution is 2.33. The SMILES string of the molecule is CCC[Si](OC)(OCC1(CC)COC1)c1ccccc1. The molecule has 0 aliphatic carbocycles. The Hall–Kier alpha value is -0.683. The molecule has 1 fully saturated rings. The molecule has 0 radical (unpaired) electrons. The Kier molecular flexibility index (Phi) is 5.38. The van der Waals surface area contributed by atoms with Crippen molar-refractivity contribution in [2.45, 2.75) is 32.7 Å². The van der Waals surface area contributed by atoms with E-state index in [2.05, 4.69) is 38.1 Å². The molecule has 0 amide bonds. The van der Waals surface area contributed by atoms with Crippen LogP contribution in [0.15, 0.2) is 30.3 Å². The maximum Gasteiger partial charge on any atom is 0.372 e. The third-order valence-electron chi connectivity index (χ3n) is 4.30. The van der Waals surface area contributed by atoms with E-state index in [1.165, 1.54) is 5.19 Å². The lowest BCUT2D eigenvalue weighted by molar-refractivity contribution is -0.137. The van der Waals surface area contributed by atoms with Crippen molar-refractivity contribution in [3.8, 4) is 0 Å². The van der Waals surface area contributed by atoms with Gasteiger partial charge in [-0.3, -0.25) is 0 Å². The molecule has 1 atom stereocenters. The largest absolute Gasteiger partial charge is 0.394 e. The molecule has 0 N–H and O–H groups in total. The Labute approximate surface area is 123 Å². The van der Waals surface area contributed by atoms with Gasteiger partial charge >= 0.3 is 8.56 Å². The molecule has 0 spiro atoms. The highest BCUT2D eigenvalue weighted by Gasteiger charge is 2.44. The highest BCUT2D eigenvalue weighted by molar-refractivity contribution is 6.81. The second kappa shape index (κ2) is 6.85. The van der Waals surface area contributed by atoms with E-state index in [-0.39, 0.29) is 5.41 Å². The molecule has 3 nitrogen and oxygen atoms in total. The average molecular weight is 294 g/mol. The molecule has 0 aromatic heterocycles. The van der Waals surface area contributed by atoms with Crippen molar-refractivity contribution in [3.05, 3.63) is 30.3 Å². The Bertz CT molecular complexity index is 400. The number of ether oxygens (including phenoxy) is 1. The van der Waals surface area contributed by atoms with Gasteiger partial charge < -0.3 is 13.6 Å². The summed E-state index contributed by atoms with van der Waals surface area (Å²) < 4.78 is 17.8. The van der Waals surface area contributed by atoms with Gasteiger partial charge in [0.25, 0.3) is 0 Å². The fourth-order valence-electron chi connectivity index (χ4n) is 2.65. The van der Waals surface area contributed by atoms with Gasteiger partial charge in [0, 0.05) is 19.1 Å². The van der Waals surface area contributed by atoms with E-state index in [0.29, 0.717) is 0 Å². The maximum atomic E-state index is 6.44. The summed E-state index contributed by atoms with van der Waals surface area (Å²) in [6, 6.07) is 11.4. The Morgan fingerprint density at radius 3 is 2.35 bits per heavy atom. The van der Waals surface area contributed by atoms with Crippen LogP contribution in [0.3, 0.4) is 0 Å². The van der Waals surface area contributed by atoms with Gasteiger partial charge in [0.1, 0.15) is 0 Å². The van der Waals surface area contributed by atoms with E-state index in [9.17, 15) is 0 Å². The zero-order valence-electron chi connectivity index (χ0n) is 12.9. The molecule has 0 saturated carbocycles. The summed E-state index contributed by atoms with van der Waals surface area (Å²) in [7, 11) is -0.513. The van der Waals surface area contributed by atoms with Crippen LogP contribution in [0, 0.1) is 5.41 Å². The van der Waals surface area contributed by atoms with Gasteiger partial charge in [0.2, 0.25) is 0 Å². The third kappa shape index (κ3) is 3.14. The zero-order chi connectivity index (χ0) is 14.5. The first kappa shape index (κ1) is 15.7. The van der Waals surface area contributed by atoms with Crippen molar-refractivity contribution in [1.29, 1.82) is 0 Å². The van der Waals surface area contributed by atoms with E-state index >= 15 is 0 Å². The topological polar surface area (TPSA) is 27.7 Å². The van der Waals surface area contributed by atoms with Crippen LogP contribution in [0.1, 0.15) is 26.7 Å². The van der Waals surface area contributed by atoms with E-state index < -0.39 is 8.56 Å². The minimum atomic E-state index is -2.31. The van der Waals surface area contributed by atoms with Crippen LogP contribution in [0.25, 0.3) is 0 Å². The van der Waals surface area contributed by atoms with Gasteiger partial charge in [0.05, 0.1) is 13.2 Å². The number of benzene rings is 1. The molecule has 112 valence electrons. The van der Waals surface area contributed by atoms with E-state index in [1.54, 1.807) is 7.11 Å². The summed E-state index contributed by atoms with van der Waals surface area (Å²) in [6.07, 6.45) is 2.17. The lowest BCUT2D eigenvalue weighted by Gasteiger charge is -2.43. The number of hydrogen-bond acceptors (Lipinski definition) is 3. The van der Waals surface area contributed by atoms with Gasteiger partial charge in [-0.2, -0.15) is 0 Å². The second-order valence-corrected chi connectivity index (χ2v) is 8.99. The van der Waals surface area contributed by atoms with Crippen molar-refractivity contribution in [1.82, 2.24) is 0 Å². The standard InChI is InChI=1S/C16H26O3Si/c1-4-11-20(17-3,15-9-7-6-8-10-15)19-14-16(5-2)12-18-13-16/h6-10H,4-5,11-14H2,1-3H3. The van der Waals surface area contributed by atoms with Crippen LogP contribution in [0.5, 0.6) is 0 Å². The molecule has 0 bridgehead atoms. The molecular weight excluding hydrogens is 268 g/mol. The second-order valence-electron chi connectivity index (χ2n) is 5.71. The van der Waals surface area contributed by atoms with Gasteiger partial charge in [-0.25, -0.2) is 0 Å². The number of rotatable bonds is 8. The summed E-state index contributed by atoms with van der Waals surface area (Å²) in [5.41, 5.74) is 0.208. The van der Waals surface area contributed by atoms with E-state index in [4.69, 9.17) is 13.6 Å². The van der Waals surface area contributed by atoms with Crippen LogP contribution >= 0.6 is 0 Å². The smallest absolute Gasteiger partial charge is 0.372 e. The van der Waals surface area contributed by atoms with E-state index in [0.717, 1.165) is 38.7 Å². The van der Waals surface area contributed by atoms with Crippen molar-refractivity contribution >= 4 is 13.7 Å². The first-order chi connectivity index (χ1) is 9.70. The molecule has 1 unspecified atom stereocenters. The Morgan fingerprint density at radius 1 is 1.20 bits per heavy atom. The summed E-state index contributed by atoms with van der Waals surface area (Å²) >= 11 is 0. The monoisotopic (exact) mass is 294 g/mol. The van der Waals surface area contributed by atoms with Crippen LogP contribution in [-0.4, -0.2) is 35.5 Å². The quantitative estimate of drug-likeness (QED) is 0.690. The first-order valence-electron chi connectivity index (χ1n) is 7.53. The van der Waals surface area contributed by atoms with E-state index in [1.807, 2.05) is 6.07 Å². The summed E-state index contributed by atoms with van der Waals surface area (Å²) in [5.74, 6) is 0. The molecular formula is C16H26O3Si. The Morgan fingerprint density at radius 2 is 1.90 bits per heavy atom.